The minimum absolute atomic E-state index is 0.0235. The molecule has 1 N–H and O–H groups in total. The van der Waals surface area contributed by atoms with Crippen LogP contribution in [0.25, 0.3) is 0 Å². The van der Waals surface area contributed by atoms with Crippen LogP contribution in [0.5, 0.6) is 5.75 Å². The van der Waals surface area contributed by atoms with Crippen molar-refractivity contribution in [3.05, 3.63) is 29.8 Å². The van der Waals surface area contributed by atoms with Gasteiger partial charge in [-0.3, -0.25) is 4.79 Å². The van der Waals surface area contributed by atoms with Gasteiger partial charge < -0.3 is 14.7 Å². The van der Waals surface area contributed by atoms with Crippen LogP contribution >= 0.6 is 0 Å². The molecule has 4 nitrogen and oxygen atoms in total. The molecule has 1 amide bonds. The summed E-state index contributed by atoms with van der Waals surface area (Å²) in [5, 5.41) is 9.20. The predicted molar refractivity (Wildman–Crippen MR) is 63.7 cm³/mol. The molecule has 0 spiro atoms. The Morgan fingerprint density at radius 3 is 2.71 bits per heavy atom. The van der Waals surface area contributed by atoms with Crippen molar-refractivity contribution in [2.75, 3.05) is 13.7 Å². The normalized spacial score (nSPS) is 19.8. The Morgan fingerprint density at radius 1 is 1.41 bits per heavy atom. The maximum Gasteiger partial charge on any atom is 0.223 e. The Kier molecular flexibility index (Phi) is 3.64. The molecule has 0 unspecified atom stereocenters. The van der Waals surface area contributed by atoms with E-state index in [4.69, 9.17) is 4.74 Å². The van der Waals surface area contributed by atoms with E-state index < -0.39 is 0 Å². The minimum Gasteiger partial charge on any atom is -0.497 e. The molecule has 1 aromatic carbocycles. The zero-order valence-electron chi connectivity index (χ0n) is 9.93. The van der Waals surface area contributed by atoms with Crippen molar-refractivity contribution in [2.24, 2.45) is 0 Å². The number of aliphatic hydroxyl groups excluding tert-OH is 1. The Labute approximate surface area is 101 Å². The second kappa shape index (κ2) is 5.19. The van der Waals surface area contributed by atoms with Crippen molar-refractivity contribution in [3.63, 3.8) is 0 Å². The molecule has 1 aromatic rings. The van der Waals surface area contributed by atoms with Crippen molar-refractivity contribution in [3.8, 4) is 5.75 Å². The Morgan fingerprint density at radius 2 is 2.12 bits per heavy atom. The van der Waals surface area contributed by atoms with E-state index >= 15 is 0 Å². The highest BCUT2D eigenvalue weighted by Gasteiger charge is 2.29. The molecule has 0 bridgehead atoms. The van der Waals surface area contributed by atoms with Gasteiger partial charge in [0.25, 0.3) is 0 Å². The summed E-state index contributed by atoms with van der Waals surface area (Å²) in [7, 11) is 1.63. The van der Waals surface area contributed by atoms with Gasteiger partial charge in [0.05, 0.1) is 19.8 Å². The molecule has 0 aromatic heterocycles. The summed E-state index contributed by atoms with van der Waals surface area (Å²) in [4.78, 5) is 13.4. The lowest BCUT2D eigenvalue weighted by Gasteiger charge is -2.23. The molecule has 1 atom stereocenters. The van der Waals surface area contributed by atoms with Gasteiger partial charge >= 0.3 is 0 Å². The van der Waals surface area contributed by atoms with E-state index in [1.165, 1.54) is 0 Å². The standard InChI is InChI=1S/C13H17NO3/c1-17-12-5-2-10(3-6-12)8-14-11(9-15)4-7-13(14)16/h2-3,5-6,11,15H,4,7-9H2,1H3/t11-/m0/s1. The lowest BCUT2D eigenvalue weighted by atomic mass is 10.2. The molecular weight excluding hydrogens is 218 g/mol. The van der Waals surface area contributed by atoms with Gasteiger partial charge in [-0.1, -0.05) is 12.1 Å². The third kappa shape index (κ3) is 2.58. The molecule has 4 heteroatoms. The van der Waals surface area contributed by atoms with E-state index in [9.17, 15) is 9.90 Å². The second-order valence-electron chi connectivity index (χ2n) is 4.24. The summed E-state index contributed by atoms with van der Waals surface area (Å²) in [5.41, 5.74) is 1.06. The molecule has 17 heavy (non-hydrogen) atoms. The van der Waals surface area contributed by atoms with E-state index in [1.54, 1.807) is 12.0 Å². The first-order valence-electron chi connectivity index (χ1n) is 5.78. The van der Waals surface area contributed by atoms with Crippen molar-refractivity contribution in [1.29, 1.82) is 0 Å². The Hall–Kier alpha value is -1.55. The molecule has 0 radical (unpaired) electrons. The van der Waals surface area contributed by atoms with Crippen LogP contribution in [0.2, 0.25) is 0 Å². The van der Waals surface area contributed by atoms with Crippen molar-refractivity contribution in [2.45, 2.75) is 25.4 Å². The van der Waals surface area contributed by atoms with Gasteiger partial charge in [0.2, 0.25) is 5.91 Å². The third-order valence-electron chi connectivity index (χ3n) is 3.18. The molecule has 1 heterocycles. The first-order chi connectivity index (χ1) is 8.24. The van der Waals surface area contributed by atoms with Crippen LogP contribution in [-0.4, -0.2) is 35.7 Å². The van der Waals surface area contributed by atoms with Gasteiger partial charge in [0, 0.05) is 13.0 Å². The zero-order valence-corrected chi connectivity index (χ0v) is 9.93. The summed E-state index contributed by atoms with van der Waals surface area (Å²) in [6, 6.07) is 7.62. The van der Waals surface area contributed by atoms with Crippen LogP contribution in [0.4, 0.5) is 0 Å². The first kappa shape index (κ1) is 11.9. The van der Waals surface area contributed by atoms with Gasteiger partial charge in [-0.25, -0.2) is 0 Å². The average molecular weight is 235 g/mol. The number of rotatable bonds is 4. The summed E-state index contributed by atoms with van der Waals surface area (Å²) >= 11 is 0. The molecule has 0 aliphatic carbocycles. The monoisotopic (exact) mass is 235 g/mol. The molecular formula is C13H17NO3. The largest absolute Gasteiger partial charge is 0.497 e. The summed E-state index contributed by atoms with van der Waals surface area (Å²) < 4.78 is 5.08. The number of aliphatic hydroxyl groups is 1. The second-order valence-corrected chi connectivity index (χ2v) is 4.24. The Bertz CT molecular complexity index is 388. The topological polar surface area (TPSA) is 49.8 Å². The number of methoxy groups -OCH3 is 1. The fourth-order valence-electron chi connectivity index (χ4n) is 2.13. The fraction of sp³-hybridized carbons (Fsp3) is 0.462. The summed E-state index contributed by atoms with van der Waals surface area (Å²) in [5.74, 6) is 0.931. The van der Waals surface area contributed by atoms with Crippen molar-refractivity contribution >= 4 is 5.91 Å². The highest BCUT2D eigenvalue weighted by Crippen LogP contribution is 2.22. The molecule has 92 valence electrons. The first-order valence-corrected chi connectivity index (χ1v) is 5.78. The van der Waals surface area contributed by atoms with E-state index in [1.807, 2.05) is 24.3 Å². The molecule has 1 fully saturated rings. The molecule has 2 rings (SSSR count). The number of likely N-dealkylation sites (tertiary alicyclic amines) is 1. The number of carbonyl (C=O) groups is 1. The van der Waals surface area contributed by atoms with Crippen LogP contribution < -0.4 is 4.74 Å². The zero-order chi connectivity index (χ0) is 12.3. The van der Waals surface area contributed by atoms with Gasteiger partial charge in [0.15, 0.2) is 0 Å². The maximum absolute atomic E-state index is 11.7. The smallest absolute Gasteiger partial charge is 0.223 e. The number of hydrogen-bond donors (Lipinski definition) is 1. The maximum atomic E-state index is 11.7. The third-order valence-corrected chi connectivity index (χ3v) is 3.18. The summed E-state index contributed by atoms with van der Waals surface area (Å²) in [6.45, 7) is 0.607. The number of benzene rings is 1. The number of amides is 1. The lowest BCUT2D eigenvalue weighted by molar-refractivity contribution is -0.130. The highest BCUT2D eigenvalue weighted by atomic mass is 16.5. The van der Waals surface area contributed by atoms with E-state index in [0.717, 1.165) is 17.7 Å². The van der Waals surface area contributed by atoms with Crippen LogP contribution in [0.1, 0.15) is 18.4 Å². The molecule has 0 saturated carbocycles. The van der Waals surface area contributed by atoms with Crippen LogP contribution in [-0.2, 0) is 11.3 Å². The van der Waals surface area contributed by atoms with E-state index in [2.05, 4.69) is 0 Å². The molecule has 1 aliphatic heterocycles. The fourth-order valence-corrected chi connectivity index (χ4v) is 2.13. The van der Waals surface area contributed by atoms with Crippen molar-refractivity contribution < 1.29 is 14.6 Å². The number of carbonyl (C=O) groups excluding carboxylic acids is 1. The van der Waals surface area contributed by atoms with Crippen LogP contribution in [0, 0.1) is 0 Å². The van der Waals surface area contributed by atoms with Gasteiger partial charge in [0.1, 0.15) is 5.75 Å². The molecule has 1 aliphatic rings. The van der Waals surface area contributed by atoms with Crippen molar-refractivity contribution in [1.82, 2.24) is 4.90 Å². The van der Waals surface area contributed by atoms with Gasteiger partial charge in [-0.05, 0) is 24.1 Å². The highest BCUT2D eigenvalue weighted by molar-refractivity contribution is 5.78. The minimum atomic E-state index is -0.0235. The van der Waals surface area contributed by atoms with E-state index in [-0.39, 0.29) is 18.6 Å². The quantitative estimate of drug-likeness (QED) is 0.852. The van der Waals surface area contributed by atoms with Gasteiger partial charge in [-0.15, -0.1) is 0 Å². The predicted octanol–water partition coefficient (Wildman–Crippen LogP) is 1.18. The molecule has 1 saturated heterocycles. The van der Waals surface area contributed by atoms with Gasteiger partial charge in [-0.2, -0.15) is 0 Å². The summed E-state index contributed by atoms with van der Waals surface area (Å²) in [6.07, 6.45) is 1.30. The number of nitrogens with zero attached hydrogens (tertiary/aromatic N) is 1. The van der Waals surface area contributed by atoms with Crippen LogP contribution in [0.15, 0.2) is 24.3 Å². The SMILES string of the molecule is COc1ccc(CN2C(=O)CC[C@H]2CO)cc1. The Balaban J connectivity index is 2.06. The lowest BCUT2D eigenvalue weighted by Crippen LogP contribution is -2.34. The number of hydrogen-bond acceptors (Lipinski definition) is 3. The van der Waals surface area contributed by atoms with E-state index in [0.29, 0.717) is 13.0 Å². The number of ether oxygens (including phenoxy) is 1. The van der Waals surface area contributed by atoms with Crippen LogP contribution in [0.3, 0.4) is 0 Å². The average Bonchev–Trinajstić information content (AvgIpc) is 2.71.